The number of nitrogens with one attached hydrogen (secondary N) is 1. The minimum Gasteiger partial charge on any atom is -0.490 e. The fourth-order valence-electron chi connectivity index (χ4n) is 2.85. The second kappa shape index (κ2) is 10.3. The summed E-state index contributed by atoms with van der Waals surface area (Å²) < 4.78 is 11.4. The lowest BCUT2D eigenvalue weighted by atomic mass is 10.1. The molecule has 1 aromatic rings. The predicted octanol–water partition coefficient (Wildman–Crippen LogP) is 1.95. The van der Waals surface area contributed by atoms with Crippen molar-refractivity contribution in [2.45, 2.75) is 45.8 Å². The number of amides is 1. The average molecular weight is 350 g/mol. The molecule has 25 heavy (non-hydrogen) atoms. The molecule has 2 N–H and O–H groups in total. The Balaban J connectivity index is 1.92. The van der Waals surface area contributed by atoms with Gasteiger partial charge < -0.3 is 24.8 Å². The van der Waals surface area contributed by atoms with Crippen molar-refractivity contribution in [2.24, 2.45) is 0 Å². The zero-order chi connectivity index (χ0) is 18.1. The van der Waals surface area contributed by atoms with E-state index in [0.29, 0.717) is 31.2 Å². The first-order chi connectivity index (χ1) is 12.1. The highest BCUT2D eigenvalue weighted by molar-refractivity contribution is 5.78. The molecule has 1 aliphatic rings. The maximum absolute atomic E-state index is 12.2. The molecule has 1 aromatic carbocycles. The normalized spacial score (nSPS) is 15.7. The minimum atomic E-state index is -0.380. The minimum absolute atomic E-state index is 0.0322. The molecule has 1 atom stereocenters. The van der Waals surface area contributed by atoms with E-state index in [9.17, 15) is 9.90 Å². The van der Waals surface area contributed by atoms with E-state index in [2.05, 4.69) is 5.32 Å². The van der Waals surface area contributed by atoms with Crippen LogP contribution in [0.1, 0.15) is 38.7 Å². The van der Waals surface area contributed by atoms with E-state index in [0.717, 1.165) is 31.5 Å². The van der Waals surface area contributed by atoms with Crippen molar-refractivity contribution < 1.29 is 19.4 Å². The summed E-state index contributed by atoms with van der Waals surface area (Å²) in [5.41, 5.74) is 1.04. The number of piperidine rings is 1. The average Bonchev–Trinajstić information content (AvgIpc) is 2.61. The Morgan fingerprint density at radius 1 is 1.24 bits per heavy atom. The van der Waals surface area contributed by atoms with Gasteiger partial charge in [0.05, 0.1) is 12.7 Å². The first-order valence-electron chi connectivity index (χ1n) is 9.15. The Morgan fingerprint density at radius 2 is 2.00 bits per heavy atom. The van der Waals surface area contributed by atoms with E-state index in [4.69, 9.17) is 9.47 Å². The van der Waals surface area contributed by atoms with Crippen molar-refractivity contribution in [1.29, 1.82) is 0 Å². The molecule has 0 aliphatic carbocycles. The monoisotopic (exact) mass is 350 g/mol. The van der Waals surface area contributed by atoms with Crippen LogP contribution in [-0.2, 0) is 11.3 Å². The molecule has 2 rings (SSSR count). The standard InChI is InChI=1S/C19H30N2O4/c1-3-24-18-11-16(13-20-12-15(2)22)7-8-17(18)25-14-19(23)21-9-5-4-6-10-21/h7-8,11,15,20,22H,3-6,9-10,12-14H2,1-2H3/t15-/m1/s1. The van der Waals surface area contributed by atoms with Crippen molar-refractivity contribution >= 4 is 5.91 Å². The third-order valence-electron chi connectivity index (χ3n) is 4.14. The number of nitrogens with zero attached hydrogens (tertiary/aromatic N) is 1. The summed E-state index contributed by atoms with van der Waals surface area (Å²) in [7, 11) is 0. The van der Waals surface area contributed by atoms with Gasteiger partial charge in [-0.1, -0.05) is 6.07 Å². The van der Waals surface area contributed by atoms with Crippen LogP contribution in [0.2, 0.25) is 0 Å². The number of benzene rings is 1. The lowest BCUT2D eigenvalue weighted by molar-refractivity contribution is -0.134. The molecule has 0 saturated carbocycles. The maximum atomic E-state index is 12.2. The van der Waals surface area contributed by atoms with Gasteiger partial charge in [-0.2, -0.15) is 0 Å². The Hall–Kier alpha value is -1.79. The lowest BCUT2D eigenvalue weighted by Crippen LogP contribution is -2.38. The molecule has 6 heteroatoms. The smallest absolute Gasteiger partial charge is 0.260 e. The molecule has 1 amide bonds. The summed E-state index contributed by atoms with van der Waals surface area (Å²) in [6.45, 7) is 7.06. The van der Waals surface area contributed by atoms with Crippen molar-refractivity contribution in [3.8, 4) is 11.5 Å². The van der Waals surface area contributed by atoms with E-state index >= 15 is 0 Å². The van der Waals surface area contributed by atoms with Gasteiger partial charge in [-0.3, -0.25) is 4.79 Å². The Bertz CT molecular complexity index is 542. The van der Waals surface area contributed by atoms with Crippen LogP contribution in [0.4, 0.5) is 0 Å². The second-order valence-electron chi connectivity index (χ2n) is 6.42. The maximum Gasteiger partial charge on any atom is 0.260 e. The summed E-state index contributed by atoms with van der Waals surface area (Å²) in [5, 5.41) is 12.5. The van der Waals surface area contributed by atoms with Gasteiger partial charge in [0.15, 0.2) is 18.1 Å². The molecule has 0 radical (unpaired) electrons. The first kappa shape index (κ1) is 19.5. The highest BCUT2D eigenvalue weighted by atomic mass is 16.5. The fraction of sp³-hybridized carbons (Fsp3) is 0.632. The van der Waals surface area contributed by atoms with Crippen LogP contribution in [0.25, 0.3) is 0 Å². The predicted molar refractivity (Wildman–Crippen MR) is 96.9 cm³/mol. The molecule has 0 aromatic heterocycles. The van der Waals surface area contributed by atoms with Crippen LogP contribution in [0.15, 0.2) is 18.2 Å². The van der Waals surface area contributed by atoms with E-state index in [-0.39, 0.29) is 18.6 Å². The molecule has 0 bridgehead atoms. The molecule has 6 nitrogen and oxygen atoms in total. The van der Waals surface area contributed by atoms with Gasteiger partial charge in [-0.05, 0) is 50.8 Å². The molecule has 1 heterocycles. The van der Waals surface area contributed by atoms with Crippen LogP contribution >= 0.6 is 0 Å². The van der Waals surface area contributed by atoms with Crippen LogP contribution in [0, 0.1) is 0 Å². The number of hydrogen-bond donors (Lipinski definition) is 2. The van der Waals surface area contributed by atoms with Gasteiger partial charge in [0, 0.05) is 26.2 Å². The van der Waals surface area contributed by atoms with Crippen molar-refractivity contribution in [2.75, 3.05) is 32.8 Å². The molecule has 140 valence electrons. The number of aliphatic hydroxyl groups excluding tert-OH is 1. The number of likely N-dealkylation sites (tertiary alicyclic amines) is 1. The van der Waals surface area contributed by atoms with E-state index in [1.54, 1.807) is 6.92 Å². The van der Waals surface area contributed by atoms with Crippen molar-refractivity contribution in [3.05, 3.63) is 23.8 Å². The quantitative estimate of drug-likeness (QED) is 0.712. The molecular formula is C19H30N2O4. The van der Waals surface area contributed by atoms with E-state index in [1.807, 2.05) is 30.0 Å². The van der Waals surface area contributed by atoms with Gasteiger partial charge in [0.25, 0.3) is 5.91 Å². The number of rotatable bonds is 9. The van der Waals surface area contributed by atoms with Gasteiger partial charge >= 0.3 is 0 Å². The molecule has 0 unspecified atom stereocenters. The molecular weight excluding hydrogens is 320 g/mol. The highest BCUT2D eigenvalue weighted by Gasteiger charge is 2.17. The summed E-state index contributed by atoms with van der Waals surface area (Å²) in [6, 6.07) is 5.70. The van der Waals surface area contributed by atoms with Gasteiger partial charge in [0.2, 0.25) is 0 Å². The fourth-order valence-corrected chi connectivity index (χ4v) is 2.85. The van der Waals surface area contributed by atoms with Gasteiger partial charge in [-0.25, -0.2) is 0 Å². The number of carbonyl (C=O) groups excluding carboxylic acids is 1. The SMILES string of the molecule is CCOc1cc(CNC[C@@H](C)O)ccc1OCC(=O)N1CCCCC1. The Labute approximate surface area is 150 Å². The number of aliphatic hydroxyl groups is 1. The Morgan fingerprint density at radius 3 is 2.68 bits per heavy atom. The number of hydrogen-bond acceptors (Lipinski definition) is 5. The van der Waals surface area contributed by atoms with Crippen LogP contribution in [0.5, 0.6) is 11.5 Å². The lowest BCUT2D eigenvalue weighted by Gasteiger charge is -2.26. The molecule has 1 saturated heterocycles. The van der Waals surface area contributed by atoms with E-state index < -0.39 is 0 Å². The summed E-state index contributed by atoms with van der Waals surface area (Å²) in [4.78, 5) is 14.1. The zero-order valence-corrected chi connectivity index (χ0v) is 15.3. The van der Waals surface area contributed by atoms with Gasteiger partial charge in [0.1, 0.15) is 0 Å². The number of ether oxygens (including phenoxy) is 2. The zero-order valence-electron chi connectivity index (χ0n) is 15.3. The van der Waals surface area contributed by atoms with Crippen molar-refractivity contribution in [1.82, 2.24) is 10.2 Å². The molecule has 1 aliphatic heterocycles. The summed E-state index contributed by atoms with van der Waals surface area (Å²) >= 11 is 0. The summed E-state index contributed by atoms with van der Waals surface area (Å²) in [5.74, 6) is 1.27. The third-order valence-corrected chi connectivity index (χ3v) is 4.14. The van der Waals surface area contributed by atoms with Gasteiger partial charge in [-0.15, -0.1) is 0 Å². The summed E-state index contributed by atoms with van der Waals surface area (Å²) in [6.07, 6.45) is 2.97. The first-order valence-corrected chi connectivity index (χ1v) is 9.15. The largest absolute Gasteiger partial charge is 0.490 e. The Kier molecular flexibility index (Phi) is 8.01. The third kappa shape index (κ3) is 6.55. The van der Waals surface area contributed by atoms with Crippen LogP contribution < -0.4 is 14.8 Å². The van der Waals surface area contributed by atoms with Crippen LogP contribution in [0.3, 0.4) is 0 Å². The molecule has 1 fully saturated rings. The molecule has 0 spiro atoms. The van der Waals surface area contributed by atoms with E-state index in [1.165, 1.54) is 6.42 Å². The highest BCUT2D eigenvalue weighted by Crippen LogP contribution is 2.28. The van der Waals surface area contributed by atoms with Crippen molar-refractivity contribution in [3.63, 3.8) is 0 Å². The second-order valence-corrected chi connectivity index (χ2v) is 6.42. The number of carbonyl (C=O) groups is 1. The van der Waals surface area contributed by atoms with Crippen LogP contribution in [-0.4, -0.2) is 54.9 Å². The topological polar surface area (TPSA) is 71.0 Å².